The van der Waals surface area contributed by atoms with E-state index in [1.165, 1.54) is 11.3 Å². The van der Waals surface area contributed by atoms with Crippen LogP contribution < -0.4 is 4.90 Å². The van der Waals surface area contributed by atoms with Crippen molar-refractivity contribution in [3.63, 3.8) is 0 Å². The second kappa shape index (κ2) is 6.97. The van der Waals surface area contributed by atoms with Gasteiger partial charge in [0.2, 0.25) is 0 Å². The highest BCUT2D eigenvalue weighted by atomic mass is 79.9. The fourth-order valence-electron chi connectivity index (χ4n) is 2.65. The largest absolute Gasteiger partial charge is 0.368 e. The highest BCUT2D eigenvalue weighted by molar-refractivity contribution is 9.10. The van der Waals surface area contributed by atoms with Crippen LogP contribution in [0.25, 0.3) is 0 Å². The summed E-state index contributed by atoms with van der Waals surface area (Å²) in [6, 6.07) is 18.9. The summed E-state index contributed by atoms with van der Waals surface area (Å²) in [5, 5.41) is 6.95. The van der Waals surface area contributed by atoms with Crippen LogP contribution in [0.15, 0.2) is 64.2 Å². The van der Waals surface area contributed by atoms with Gasteiger partial charge in [-0.05, 0) is 36.8 Å². The number of piperazine rings is 1. The summed E-state index contributed by atoms with van der Waals surface area (Å²) in [5.41, 5.74) is 3.55. The molecule has 0 atom stereocenters. The van der Waals surface area contributed by atoms with Gasteiger partial charge in [0.1, 0.15) is 0 Å². The maximum atomic E-state index is 4.77. The van der Waals surface area contributed by atoms with Crippen LogP contribution in [0.1, 0.15) is 12.5 Å². The van der Waals surface area contributed by atoms with Gasteiger partial charge in [-0.2, -0.15) is 5.10 Å². The summed E-state index contributed by atoms with van der Waals surface area (Å²) < 4.78 is 1.10. The standard InChI is InChI=1S/C18H20BrN3/c1-15(16-7-9-17(19)10-8-16)20-22-13-11-21(12-14-22)18-5-3-2-4-6-18/h2-10H,11-14H2,1H3. The van der Waals surface area contributed by atoms with Gasteiger partial charge >= 0.3 is 0 Å². The van der Waals surface area contributed by atoms with Gasteiger partial charge in [-0.3, -0.25) is 5.01 Å². The summed E-state index contributed by atoms with van der Waals surface area (Å²) >= 11 is 3.47. The number of para-hydroxylation sites is 1. The van der Waals surface area contributed by atoms with Gasteiger partial charge in [-0.15, -0.1) is 0 Å². The van der Waals surface area contributed by atoms with Gasteiger partial charge in [-0.1, -0.05) is 46.3 Å². The normalized spacial score (nSPS) is 16.0. The van der Waals surface area contributed by atoms with Crippen molar-refractivity contribution in [1.29, 1.82) is 0 Å². The zero-order valence-electron chi connectivity index (χ0n) is 12.7. The smallest absolute Gasteiger partial charge is 0.0646 e. The summed E-state index contributed by atoms with van der Waals surface area (Å²) in [5.74, 6) is 0. The number of hydrogen-bond acceptors (Lipinski definition) is 3. The van der Waals surface area contributed by atoms with Crippen molar-refractivity contribution in [2.24, 2.45) is 5.10 Å². The number of benzene rings is 2. The molecule has 4 heteroatoms. The van der Waals surface area contributed by atoms with Crippen LogP contribution in [0.3, 0.4) is 0 Å². The number of anilines is 1. The maximum Gasteiger partial charge on any atom is 0.0646 e. The average Bonchev–Trinajstić information content (AvgIpc) is 2.57. The third-order valence-electron chi connectivity index (χ3n) is 3.93. The molecule has 0 N–H and O–H groups in total. The molecule has 0 bridgehead atoms. The zero-order valence-corrected chi connectivity index (χ0v) is 14.3. The molecule has 0 radical (unpaired) electrons. The van der Waals surface area contributed by atoms with Gasteiger partial charge in [-0.25, -0.2) is 0 Å². The molecule has 114 valence electrons. The Morgan fingerprint density at radius 1 is 0.909 bits per heavy atom. The SMILES string of the molecule is CC(=NN1CCN(c2ccccc2)CC1)c1ccc(Br)cc1. The van der Waals surface area contributed by atoms with Crippen LogP contribution in [-0.4, -0.2) is 36.9 Å². The highest BCUT2D eigenvalue weighted by Crippen LogP contribution is 2.16. The summed E-state index contributed by atoms with van der Waals surface area (Å²) in [6.07, 6.45) is 0. The lowest BCUT2D eigenvalue weighted by Crippen LogP contribution is -2.44. The van der Waals surface area contributed by atoms with Crippen molar-refractivity contribution in [3.05, 3.63) is 64.6 Å². The topological polar surface area (TPSA) is 18.8 Å². The Balaban J connectivity index is 1.61. The summed E-state index contributed by atoms with van der Waals surface area (Å²) in [7, 11) is 0. The monoisotopic (exact) mass is 357 g/mol. The van der Waals surface area contributed by atoms with Crippen LogP contribution in [0.2, 0.25) is 0 Å². The van der Waals surface area contributed by atoms with Crippen molar-refractivity contribution in [2.75, 3.05) is 31.1 Å². The first-order valence-corrected chi connectivity index (χ1v) is 8.38. The lowest BCUT2D eigenvalue weighted by Gasteiger charge is -2.34. The molecule has 2 aromatic rings. The molecule has 0 aliphatic carbocycles. The van der Waals surface area contributed by atoms with Crippen molar-refractivity contribution in [1.82, 2.24) is 5.01 Å². The van der Waals surface area contributed by atoms with Crippen molar-refractivity contribution in [3.8, 4) is 0 Å². The number of hydrogen-bond donors (Lipinski definition) is 0. The number of hydrazone groups is 1. The van der Waals surface area contributed by atoms with Gasteiger partial charge in [0, 0.05) is 23.2 Å². The first kappa shape index (κ1) is 15.1. The summed E-state index contributed by atoms with van der Waals surface area (Å²) in [6.45, 7) is 6.03. The van der Waals surface area contributed by atoms with Gasteiger partial charge < -0.3 is 4.90 Å². The van der Waals surface area contributed by atoms with Crippen LogP contribution in [0.5, 0.6) is 0 Å². The second-order valence-electron chi connectivity index (χ2n) is 5.47. The highest BCUT2D eigenvalue weighted by Gasteiger charge is 2.15. The minimum absolute atomic E-state index is 0.961. The third-order valence-corrected chi connectivity index (χ3v) is 4.46. The van der Waals surface area contributed by atoms with Crippen molar-refractivity contribution in [2.45, 2.75) is 6.92 Å². The predicted molar refractivity (Wildman–Crippen MR) is 96.6 cm³/mol. The van der Waals surface area contributed by atoms with Gasteiger partial charge in [0.05, 0.1) is 18.8 Å². The van der Waals surface area contributed by atoms with E-state index in [2.05, 4.69) is 87.4 Å². The van der Waals surface area contributed by atoms with Crippen LogP contribution >= 0.6 is 15.9 Å². The first-order chi connectivity index (χ1) is 10.7. The average molecular weight is 358 g/mol. The van der Waals surface area contributed by atoms with E-state index < -0.39 is 0 Å². The Bertz CT molecular complexity index is 629. The van der Waals surface area contributed by atoms with Crippen LogP contribution in [0, 0.1) is 0 Å². The zero-order chi connectivity index (χ0) is 15.4. The summed E-state index contributed by atoms with van der Waals surface area (Å²) in [4.78, 5) is 2.42. The van der Waals surface area contributed by atoms with E-state index in [9.17, 15) is 0 Å². The molecule has 22 heavy (non-hydrogen) atoms. The molecule has 2 aromatic carbocycles. The van der Waals surface area contributed by atoms with Crippen LogP contribution in [-0.2, 0) is 0 Å². The Hall–Kier alpha value is -1.81. The quantitative estimate of drug-likeness (QED) is 0.773. The molecule has 3 nitrogen and oxygen atoms in total. The van der Waals surface area contributed by atoms with E-state index in [-0.39, 0.29) is 0 Å². The molecule has 3 rings (SSSR count). The molecular formula is C18H20BrN3. The maximum absolute atomic E-state index is 4.77. The van der Waals surface area contributed by atoms with Crippen LogP contribution in [0.4, 0.5) is 5.69 Å². The lowest BCUT2D eigenvalue weighted by molar-refractivity contribution is 0.270. The minimum Gasteiger partial charge on any atom is -0.368 e. The molecule has 1 heterocycles. The number of halogens is 1. The Labute approximate surface area is 140 Å². The first-order valence-electron chi connectivity index (χ1n) is 7.58. The predicted octanol–water partition coefficient (Wildman–Crippen LogP) is 4.00. The van der Waals surface area contributed by atoms with E-state index in [0.29, 0.717) is 0 Å². The fraction of sp³-hybridized carbons (Fsp3) is 0.278. The number of nitrogens with zero attached hydrogens (tertiary/aromatic N) is 3. The van der Waals surface area contributed by atoms with E-state index in [4.69, 9.17) is 5.10 Å². The molecule has 1 aliphatic rings. The second-order valence-corrected chi connectivity index (χ2v) is 6.38. The van der Waals surface area contributed by atoms with E-state index in [1.54, 1.807) is 0 Å². The van der Waals surface area contributed by atoms with Crippen molar-refractivity contribution >= 4 is 27.3 Å². The van der Waals surface area contributed by atoms with Gasteiger partial charge in [0.15, 0.2) is 0 Å². The minimum atomic E-state index is 0.961. The Kier molecular flexibility index (Phi) is 4.78. The van der Waals surface area contributed by atoms with E-state index in [0.717, 1.165) is 36.4 Å². The molecule has 1 fully saturated rings. The lowest BCUT2D eigenvalue weighted by atomic mass is 10.1. The van der Waals surface area contributed by atoms with E-state index in [1.807, 2.05) is 0 Å². The molecular weight excluding hydrogens is 338 g/mol. The van der Waals surface area contributed by atoms with E-state index >= 15 is 0 Å². The fourth-order valence-corrected chi connectivity index (χ4v) is 2.92. The number of rotatable bonds is 3. The Morgan fingerprint density at radius 2 is 1.55 bits per heavy atom. The molecule has 1 saturated heterocycles. The molecule has 0 saturated carbocycles. The molecule has 0 amide bonds. The van der Waals surface area contributed by atoms with Crippen molar-refractivity contribution < 1.29 is 0 Å². The molecule has 0 spiro atoms. The third kappa shape index (κ3) is 3.69. The Morgan fingerprint density at radius 3 is 2.18 bits per heavy atom. The molecule has 0 aromatic heterocycles. The van der Waals surface area contributed by atoms with Gasteiger partial charge in [0.25, 0.3) is 0 Å². The molecule has 0 unspecified atom stereocenters. The molecule has 1 aliphatic heterocycles.